The van der Waals surface area contributed by atoms with Crippen molar-refractivity contribution in [3.8, 4) is 0 Å². The van der Waals surface area contributed by atoms with Crippen LogP contribution < -0.4 is 0 Å². The minimum Gasteiger partial charge on any atom is -0.121 e. The topological polar surface area (TPSA) is 0 Å². The molecule has 14 rings (SSSR count). The summed E-state index contributed by atoms with van der Waals surface area (Å²) >= 11 is 39.5. The average Bonchev–Trinajstić information content (AvgIpc) is 4.18. The van der Waals surface area contributed by atoms with E-state index in [-0.39, 0.29) is 0 Å². The van der Waals surface area contributed by atoms with Crippen LogP contribution in [0.4, 0.5) is 0 Å². The summed E-state index contributed by atoms with van der Waals surface area (Å²) in [5.74, 6) is 0. The molecular weight excluding hydrogens is 1190 g/mol. The molecule has 0 radical (unpaired) electrons. The van der Waals surface area contributed by atoms with Crippen LogP contribution in [0, 0.1) is 0 Å². The van der Waals surface area contributed by atoms with Gasteiger partial charge >= 0.3 is 0 Å². The molecule has 0 unspecified atom stereocenters. The van der Waals surface area contributed by atoms with Crippen molar-refractivity contribution < 1.29 is 0 Å². The number of rotatable bonds is 2. The first-order valence-electron chi connectivity index (χ1n) is 19.6. The highest BCUT2D eigenvalue weighted by Crippen LogP contribution is 2.77. The average molecular weight is 1220 g/mol. The van der Waals surface area contributed by atoms with Gasteiger partial charge < -0.3 is 0 Å². The summed E-state index contributed by atoms with van der Waals surface area (Å²) in [5, 5.41) is 0. The SMILES string of the molecule is CSC1=C(SC)SC(=C2SC3=C(S2)SC(=C2SC4=C(S2)SC(=C2C(=C5Sc6ccccc6S5)C(=C5Sc6ccccc6S5)C(=C5Sc6ccccc6S5)C2=C2Sc5ccccc5S2)S4)S3)S1. The van der Waals surface area contributed by atoms with Gasteiger partial charge in [-0.3, -0.25) is 0 Å². The zero-order valence-corrected chi connectivity index (χ0v) is 49.7. The van der Waals surface area contributed by atoms with Gasteiger partial charge in [0.15, 0.2) is 0 Å². The first kappa shape index (κ1) is 45.9. The molecule has 0 bridgehead atoms. The second kappa shape index (κ2) is 19.2. The highest BCUT2D eigenvalue weighted by Gasteiger charge is 2.47. The van der Waals surface area contributed by atoms with Crippen LogP contribution in [0.1, 0.15) is 0 Å². The van der Waals surface area contributed by atoms with Crippen molar-refractivity contribution in [2.75, 3.05) is 12.5 Å². The molecule has 0 N–H and O–H groups in total. The second-order valence-corrected chi connectivity index (χ2v) is 38.4. The summed E-state index contributed by atoms with van der Waals surface area (Å²) in [6, 6.07) is 36.0. The smallest absolute Gasteiger partial charge is 0.0718 e. The number of hydrogen-bond donors (Lipinski definition) is 0. The molecule has 0 amide bonds. The van der Waals surface area contributed by atoms with Gasteiger partial charge in [0.2, 0.25) is 0 Å². The van der Waals surface area contributed by atoms with E-state index in [0.717, 1.165) is 0 Å². The van der Waals surface area contributed by atoms with Crippen LogP contribution in [-0.4, -0.2) is 12.5 Å². The van der Waals surface area contributed by atoms with Crippen LogP contribution in [0.2, 0.25) is 0 Å². The predicted octanol–water partition coefficient (Wildman–Crippen LogP) is 22.4. The summed E-state index contributed by atoms with van der Waals surface area (Å²) in [5.41, 5.74) is 7.07. The standard InChI is InChI=1S/C46H22S20/c1-47-37-38(48-2)60-41(59-37)42-63-45-46(64-42)66-44(65-45)43-61-39-40(62-43)58-36(57-39)31-29(34-53-23-15-7-8-16-24(23)54-34)27(32-49-19-11-3-4-12-20(19)50-32)28(33-51-21-13-5-6-14-22(21)52-33)30(31)35-55-25-17-9-10-18-26(25)56-35/h3-18H,1-2H3. The lowest BCUT2D eigenvalue weighted by molar-refractivity contribution is 1.27. The largest absolute Gasteiger partial charge is 0.121 e. The Hall–Kier alpha value is 1.28. The first-order valence-corrected chi connectivity index (χ1v) is 36.8. The van der Waals surface area contributed by atoms with Gasteiger partial charge in [0.05, 0.1) is 63.6 Å². The molecule has 4 aromatic rings. The molecule has 1 saturated carbocycles. The lowest BCUT2D eigenvalue weighted by Crippen LogP contribution is -1.91. The van der Waals surface area contributed by atoms with Crippen molar-refractivity contribution in [3.63, 3.8) is 0 Å². The quantitative estimate of drug-likeness (QED) is 0.187. The van der Waals surface area contributed by atoms with Gasteiger partial charge in [-0.1, -0.05) is 260 Å². The van der Waals surface area contributed by atoms with Gasteiger partial charge in [-0.25, -0.2) is 0 Å². The van der Waals surface area contributed by atoms with E-state index in [4.69, 9.17) is 0 Å². The Bertz CT molecular complexity index is 2970. The Morgan fingerprint density at radius 1 is 0.212 bits per heavy atom. The van der Waals surface area contributed by atoms with Crippen molar-refractivity contribution in [1.82, 2.24) is 0 Å². The molecule has 9 heterocycles. The third kappa shape index (κ3) is 8.21. The minimum atomic E-state index is 1.35. The van der Waals surface area contributed by atoms with Gasteiger partial charge in [-0.2, -0.15) is 0 Å². The Kier molecular flexibility index (Phi) is 13.3. The van der Waals surface area contributed by atoms with Crippen molar-refractivity contribution in [2.24, 2.45) is 0 Å². The number of thioether (sulfide) groups is 20. The third-order valence-electron chi connectivity index (χ3n) is 10.3. The van der Waals surface area contributed by atoms with Crippen molar-refractivity contribution in [2.45, 2.75) is 39.2 Å². The Morgan fingerprint density at radius 2 is 0.379 bits per heavy atom. The summed E-state index contributed by atoms with van der Waals surface area (Å²) in [6.07, 6.45) is 4.40. The van der Waals surface area contributed by atoms with Crippen molar-refractivity contribution in [1.29, 1.82) is 0 Å². The molecule has 1 aliphatic carbocycles. The van der Waals surface area contributed by atoms with E-state index in [0.29, 0.717) is 0 Å². The first-order chi connectivity index (χ1) is 32.5. The van der Waals surface area contributed by atoms with Crippen molar-refractivity contribution in [3.05, 3.63) is 188 Å². The second-order valence-electron chi connectivity index (χ2n) is 14.2. The zero-order chi connectivity index (χ0) is 43.6. The van der Waals surface area contributed by atoms with Gasteiger partial charge in [0.1, 0.15) is 0 Å². The van der Waals surface area contributed by atoms with Crippen LogP contribution in [-0.2, 0) is 0 Å². The van der Waals surface area contributed by atoms with E-state index < -0.39 is 0 Å². The monoisotopic (exact) mass is 1210 g/mol. The highest BCUT2D eigenvalue weighted by molar-refractivity contribution is 8.52. The normalized spacial score (nSPS) is 22.0. The Labute approximate surface area is 468 Å². The fourth-order valence-electron chi connectivity index (χ4n) is 7.54. The predicted molar refractivity (Wildman–Crippen MR) is 326 cm³/mol. The highest BCUT2D eigenvalue weighted by atomic mass is 32.3. The molecule has 0 spiro atoms. The Balaban J connectivity index is 0.884. The van der Waals surface area contributed by atoms with Gasteiger partial charge in [-0.05, 0) is 61.0 Å². The summed E-state index contributed by atoms with van der Waals surface area (Å²) in [6.45, 7) is 0. The zero-order valence-electron chi connectivity index (χ0n) is 33.4. The molecule has 0 saturated heterocycles. The fraction of sp³-hybridized carbons (Fsp3) is 0.0435. The van der Waals surface area contributed by atoms with Crippen LogP contribution in [0.15, 0.2) is 228 Å². The lowest BCUT2D eigenvalue weighted by atomic mass is 10.1. The molecule has 10 aliphatic rings. The van der Waals surface area contributed by atoms with E-state index in [1.54, 1.807) is 0 Å². The minimum absolute atomic E-state index is 1.35. The molecule has 66 heavy (non-hydrogen) atoms. The molecule has 1 fully saturated rings. The van der Waals surface area contributed by atoms with Crippen LogP contribution in [0.3, 0.4) is 0 Å². The van der Waals surface area contributed by atoms with Crippen LogP contribution in [0.25, 0.3) is 0 Å². The van der Waals surface area contributed by atoms with Gasteiger partial charge in [0, 0.05) is 67.0 Å². The maximum Gasteiger partial charge on any atom is 0.0718 e. The molecule has 0 aromatic heterocycles. The van der Waals surface area contributed by atoms with E-state index in [9.17, 15) is 0 Å². The molecular formula is C46H22S20. The molecule has 326 valence electrons. The number of allylic oxidation sites excluding steroid dienone is 5. The molecule has 0 atom stereocenters. The summed E-state index contributed by atoms with van der Waals surface area (Å²) in [4.78, 5) is 10.8. The molecule has 0 nitrogen and oxygen atoms in total. The lowest BCUT2D eigenvalue weighted by Gasteiger charge is -2.14. The molecule has 4 aromatic carbocycles. The number of fused-ring (bicyclic) bond motifs is 4. The van der Waals surface area contributed by atoms with Crippen molar-refractivity contribution >= 4 is 235 Å². The van der Waals surface area contributed by atoms with Crippen LogP contribution in [0.5, 0.6) is 0 Å². The van der Waals surface area contributed by atoms with Crippen LogP contribution >= 0.6 is 235 Å². The maximum atomic E-state index is 2.31. The fourth-order valence-corrected chi connectivity index (χ4v) is 36.3. The maximum absolute atomic E-state index is 2.31. The summed E-state index contributed by atoms with van der Waals surface area (Å²) in [7, 11) is 0. The Morgan fingerprint density at radius 3 is 0.576 bits per heavy atom. The number of hydrogen-bond acceptors (Lipinski definition) is 20. The summed E-state index contributed by atoms with van der Waals surface area (Å²) < 4.78 is 21.5. The van der Waals surface area contributed by atoms with E-state index in [1.807, 2.05) is 235 Å². The van der Waals surface area contributed by atoms with E-state index in [1.165, 1.54) is 131 Å². The van der Waals surface area contributed by atoms with E-state index >= 15 is 0 Å². The third-order valence-corrected chi connectivity index (χ3v) is 38.1. The molecule has 20 heteroatoms. The molecule has 9 aliphatic heterocycles. The van der Waals surface area contributed by atoms with Gasteiger partial charge in [-0.15, -0.1) is 23.5 Å². The van der Waals surface area contributed by atoms with Gasteiger partial charge in [0.25, 0.3) is 0 Å². The number of benzene rings is 4. The van der Waals surface area contributed by atoms with E-state index in [2.05, 4.69) is 110 Å².